The largest absolute Gasteiger partial charge is 0.487 e. The standard InChI is InChI=1S/C8H11NO2S/c1-2-8(12-3-1)6-10-7-4-9-11-5-7/h4-5,8H,1-3,6H2. The predicted molar refractivity (Wildman–Crippen MR) is 47.5 cm³/mol. The van der Waals surface area contributed by atoms with Crippen LogP contribution in [0.5, 0.6) is 5.75 Å². The van der Waals surface area contributed by atoms with Gasteiger partial charge in [0.15, 0.2) is 12.0 Å². The lowest BCUT2D eigenvalue weighted by Crippen LogP contribution is -2.10. The van der Waals surface area contributed by atoms with Gasteiger partial charge in [-0.3, -0.25) is 0 Å². The molecule has 0 bridgehead atoms. The van der Waals surface area contributed by atoms with Gasteiger partial charge in [-0.05, 0) is 18.6 Å². The zero-order valence-electron chi connectivity index (χ0n) is 6.73. The lowest BCUT2D eigenvalue weighted by molar-refractivity contribution is 0.310. The van der Waals surface area contributed by atoms with Gasteiger partial charge in [0, 0.05) is 5.25 Å². The minimum atomic E-state index is 0.667. The fourth-order valence-corrected chi connectivity index (χ4v) is 2.40. The molecule has 2 heterocycles. The molecule has 4 heteroatoms. The first-order valence-corrected chi connectivity index (χ1v) is 5.14. The third-order valence-corrected chi connectivity index (χ3v) is 3.24. The maximum atomic E-state index is 5.45. The third kappa shape index (κ3) is 1.94. The first-order chi connectivity index (χ1) is 5.95. The highest BCUT2D eigenvalue weighted by Crippen LogP contribution is 2.26. The zero-order chi connectivity index (χ0) is 8.23. The maximum absolute atomic E-state index is 5.45. The minimum Gasteiger partial charge on any atom is -0.487 e. The van der Waals surface area contributed by atoms with Crippen LogP contribution in [-0.4, -0.2) is 22.8 Å². The topological polar surface area (TPSA) is 35.3 Å². The Morgan fingerprint density at radius 3 is 3.42 bits per heavy atom. The van der Waals surface area contributed by atoms with Gasteiger partial charge in [-0.15, -0.1) is 0 Å². The molecule has 1 fully saturated rings. The Bertz CT molecular complexity index is 219. The van der Waals surface area contributed by atoms with Crippen molar-refractivity contribution < 1.29 is 9.26 Å². The van der Waals surface area contributed by atoms with Crippen LogP contribution in [-0.2, 0) is 0 Å². The average molecular weight is 185 g/mol. The normalized spacial score (nSPS) is 22.8. The summed E-state index contributed by atoms with van der Waals surface area (Å²) in [5.74, 6) is 2.01. The van der Waals surface area contributed by atoms with E-state index in [1.54, 1.807) is 6.20 Å². The summed E-state index contributed by atoms with van der Waals surface area (Å²) in [5.41, 5.74) is 0. The number of aromatic nitrogens is 1. The highest BCUT2D eigenvalue weighted by molar-refractivity contribution is 8.00. The Labute approximate surface area is 75.5 Å². The number of hydrogen-bond acceptors (Lipinski definition) is 4. The number of rotatable bonds is 3. The molecule has 3 nitrogen and oxygen atoms in total. The molecule has 1 aromatic heterocycles. The summed E-state index contributed by atoms with van der Waals surface area (Å²) in [5, 5.41) is 4.23. The Morgan fingerprint density at radius 1 is 1.75 bits per heavy atom. The van der Waals surface area contributed by atoms with Crippen LogP contribution in [0.2, 0.25) is 0 Å². The fourth-order valence-electron chi connectivity index (χ4n) is 1.23. The summed E-state index contributed by atoms with van der Waals surface area (Å²) in [7, 11) is 0. The molecule has 1 aromatic rings. The molecule has 0 N–H and O–H groups in total. The van der Waals surface area contributed by atoms with Crippen LogP contribution < -0.4 is 4.74 Å². The summed E-state index contributed by atoms with van der Waals surface area (Å²) in [6, 6.07) is 0. The molecule has 1 saturated heterocycles. The van der Waals surface area contributed by atoms with E-state index in [2.05, 4.69) is 9.68 Å². The van der Waals surface area contributed by atoms with Crippen molar-refractivity contribution in [2.75, 3.05) is 12.4 Å². The number of ether oxygens (including phenoxy) is 1. The van der Waals surface area contributed by atoms with Crippen LogP contribution >= 0.6 is 11.8 Å². The molecule has 1 aliphatic rings. The predicted octanol–water partition coefficient (Wildman–Crippen LogP) is 1.95. The van der Waals surface area contributed by atoms with Gasteiger partial charge in [-0.25, -0.2) is 0 Å². The van der Waals surface area contributed by atoms with Crippen molar-refractivity contribution in [1.29, 1.82) is 0 Å². The fraction of sp³-hybridized carbons (Fsp3) is 0.625. The van der Waals surface area contributed by atoms with Crippen LogP contribution in [0.3, 0.4) is 0 Å². The molecule has 0 aliphatic carbocycles. The van der Waals surface area contributed by atoms with Gasteiger partial charge in [0.05, 0.1) is 0 Å². The maximum Gasteiger partial charge on any atom is 0.178 e. The second kappa shape index (κ2) is 3.85. The summed E-state index contributed by atoms with van der Waals surface area (Å²) >= 11 is 1.99. The van der Waals surface area contributed by atoms with Crippen molar-refractivity contribution in [3.8, 4) is 5.75 Å². The van der Waals surface area contributed by atoms with Crippen LogP contribution in [0, 0.1) is 0 Å². The molecule has 0 spiro atoms. The molecular formula is C8H11NO2S. The van der Waals surface area contributed by atoms with E-state index in [0.717, 1.165) is 12.4 Å². The molecule has 66 valence electrons. The molecule has 2 rings (SSSR count). The minimum absolute atomic E-state index is 0.667. The van der Waals surface area contributed by atoms with E-state index in [1.807, 2.05) is 11.8 Å². The van der Waals surface area contributed by atoms with Crippen LogP contribution in [0.1, 0.15) is 12.8 Å². The molecular weight excluding hydrogens is 174 g/mol. The van der Waals surface area contributed by atoms with Gasteiger partial charge < -0.3 is 9.26 Å². The van der Waals surface area contributed by atoms with E-state index in [9.17, 15) is 0 Å². The van der Waals surface area contributed by atoms with Crippen LogP contribution in [0.4, 0.5) is 0 Å². The summed E-state index contributed by atoms with van der Waals surface area (Å²) in [4.78, 5) is 0. The van der Waals surface area contributed by atoms with Crippen molar-refractivity contribution in [3.63, 3.8) is 0 Å². The molecule has 1 unspecified atom stereocenters. The van der Waals surface area contributed by atoms with Gasteiger partial charge in [0.2, 0.25) is 0 Å². The van der Waals surface area contributed by atoms with E-state index in [0.29, 0.717) is 5.25 Å². The van der Waals surface area contributed by atoms with Crippen molar-refractivity contribution in [2.45, 2.75) is 18.1 Å². The number of nitrogens with zero attached hydrogens (tertiary/aromatic N) is 1. The summed E-state index contributed by atoms with van der Waals surface area (Å²) < 4.78 is 10.1. The van der Waals surface area contributed by atoms with E-state index in [-0.39, 0.29) is 0 Å². The first kappa shape index (κ1) is 7.98. The smallest absolute Gasteiger partial charge is 0.178 e. The Hall–Kier alpha value is -0.640. The van der Waals surface area contributed by atoms with E-state index in [4.69, 9.17) is 4.74 Å². The van der Waals surface area contributed by atoms with Crippen molar-refractivity contribution in [3.05, 3.63) is 12.5 Å². The third-order valence-electron chi connectivity index (χ3n) is 1.87. The number of hydrogen-bond donors (Lipinski definition) is 0. The first-order valence-electron chi connectivity index (χ1n) is 4.09. The van der Waals surface area contributed by atoms with E-state index >= 15 is 0 Å². The zero-order valence-corrected chi connectivity index (χ0v) is 7.55. The molecule has 0 aromatic carbocycles. The SMILES string of the molecule is c1nocc1OCC1CCCS1. The van der Waals surface area contributed by atoms with Crippen LogP contribution in [0.15, 0.2) is 17.0 Å². The van der Waals surface area contributed by atoms with Crippen molar-refractivity contribution >= 4 is 11.8 Å². The van der Waals surface area contributed by atoms with Gasteiger partial charge in [-0.1, -0.05) is 5.16 Å². The Kier molecular flexibility index (Phi) is 2.56. The van der Waals surface area contributed by atoms with Crippen molar-refractivity contribution in [1.82, 2.24) is 5.16 Å². The lowest BCUT2D eigenvalue weighted by atomic mass is 10.3. The second-order valence-electron chi connectivity index (χ2n) is 2.81. The summed E-state index contributed by atoms with van der Waals surface area (Å²) in [6.07, 6.45) is 5.72. The highest BCUT2D eigenvalue weighted by atomic mass is 32.2. The second-order valence-corrected chi connectivity index (χ2v) is 4.21. The van der Waals surface area contributed by atoms with Crippen LogP contribution in [0.25, 0.3) is 0 Å². The monoisotopic (exact) mass is 185 g/mol. The molecule has 0 amide bonds. The molecule has 1 atom stereocenters. The quantitative estimate of drug-likeness (QED) is 0.721. The average Bonchev–Trinajstić information content (AvgIpc) is 2.74. The van der Waals surface area contributed by atoms with Gasteiger partial charge in [-0.2, -0.15) is 11.8 Å². The van der Waals surface area contributed by atoms with Gasteiger partial charge >= 0.3 is 0 Å². The van der Waals surface area contributed by atoms with Gasteiger partial charge in [0.25, 0.3) is 0 Å². The van der Waals surface area contributed by atoms with E-state index < -0.39 is 0 Å². The summed E-state index contributed by atoms with van der Waals surface area (Å²) in [6.45, 7) is 0.784. The van der Waals surface area contributed by atoms with Crippen molar-refractivity contribution in [2.24, 2.45) is 0 Å². The Morgan fingerprint density at radius 2 is 2.75 bits per heavy atom. The van der Waals surface area contributed by atoms with E-state index in [1.165, 1.54) is 24.9 Å². The molecule has 0 radical (unpaired) electrons. The molecule has 12 heavy (non-hydrogen) atoms. The molecule has 0 saturated carbocycles. The molecule has 1 aliphatic heterocycles. The number of thioether (sulfide) groups is 1. The lowest BCUT2D eigenvalue weighted by Gasteiger charge is -2.07. The van der Waals surface area contributed by atoms with Gasteiger partial charge in [0.1, 0.15) is 12.8 Å². The Balaban J connectivity index is 1.74. The highest BCUT2D eigenvalue weighted by Gasteiger charge is 2.16.